The van der Waals surface area contributed by atoms with Crippen LogP contribution in [0, 0.1) is 0 Å². The van der Waals surface area contributed by atoms with Crippen LogP contribution in [0.1, 0.15) is 42.9 Å². The predicted octanol–water partition coefficient (Wildman–Crippen LogP) is 4.69. The summed E-state index contributed by atoms with van der Waals surface area (Å²) in [6.07, 6.45) is 3.48. The summed E-state index contributed by atoms with van der Waals surface area (Å²) in [6, 6.07) is 25.0. The lowest BCUT2D eigenvalue weighted by molar-refractivity contribution is -0.218. The minimum absolute atomic E-state index is 0.363. The lowest BCUT2D eigenvalue weighted by Gasteiger charge is -2.36. The largest absolute Gasteiger partial charge is 0.480 e. The zero-order valence-electron chi connectivity index (χ0n) is 24.5. The third kappa shape index (κ3) is 7.04. The smallest absolute Gasteiger partial charge is 0.377 e. The Morgan fingerprint density at radius 2 is 1.59 bits per heavy atom. The first-order valence-electron chi connectivity index (χ1n) is 14.2. The van der Waals surface area contributed by atoms with Gasteiger partial charge in [0.25, 0.3) is 5.91 Å². The number of aliphatic carboxylic acids is 3. The van der Waals surface area contributed by atoms with Gasteiger partial charge in [0.05, 0.1) is 6.61 Å². The summed E-state index contributed by atoms with van der Waals surface area (Å²) in [5.74, 6) is -9.42. The highest BCUT2D eigenvalue weighted by atomic mass is 16.8. The number of carbonyl (C=O) groups is 4. The number of carboxylic acids is 3. The first-order valence-corrected chi connectivity index (χ1v) is 14.2. The van der Waals surface area contributed by atoms with E-state index >= 15 is 0 Å². The number of rotatable bonds is 13. The Labute approximate surface area is 255 Å². The number of benzene rings is 3. The molecule has 4 rings (SSSR count). The minimum Gasteiger partial charge on any atom is -0.480 e. The fraction of sp³-hybridized carbons (Fsp3) is 0.294. The second-order valence-corrected chi connectivity index (χ2v) is 10.6. The molecule has 3 aromatic rings. The number of allylic oxidation sites excluding steroid dienone is 1. The van der Waals surface area contributed by atoms with Gasteiger partial charge in [-0.15, -0.1) is 0 Å². The molecule has 3 atom stereocenters. The van der Waals surface area contributed by atoms with Crippen LogP contribution >= 0.6 is 0 Å². The van der Waals surface area contributed by atoms with Crippen LogP contribution in [0.4, 0.5) is 0 Å². The molecule has 0 aromatic heterocycles. The van der Waals surface area contributed by atoms with Gasteiger partial charge in [-0.05, 0) is 54.5 Å². The topological polar surface area (TPSA) is 151 Å². The fourth-order valence-corrected chi connectivity index (χ4v) is 5.53. The average molecular weight is 602 g/mol. The van der Waals surface area contributed by atoms with E-state index in [1.54, 1.807) is 6.92 Å². The van der Waals surface area contributed by atoms with Crippen LogP contribution in [0.2, 0.25) is 0 Å². The summed E-state index contributed by atoms with van der Waals surface area (Å²) in [5, 5.41) is 28.7. The van der Waals surface area contributed by atoms with Crippen molar-refractivity contribution in [3.8, 4) is 11.1 Å². The van der Waals surface area contributed by atoms with E-state index in [0.29, 0.717) is 12.8 Å². The molecule has 0 bridgehead atoms. The number of amides is 1. The van der Waals surface area contributed by atoms with E-state index in [0.717, 1.165) is 32.7 Å². The molecule has 230 valence electrons. The molecule has 3 aromatic carbocycles. The Morgan fingerprint density at radius 1 is 0.955 bits per heavy atom. The fourth-order valence-electron chi connectivity index (χ4n) is 5.53. The van der Waals surface area contributed by atoms with Gasteiger partial charge in [-0.25, -0.2) is 9.59 Å². The number of ether oxygens (including phenoxy) is 2. The van der Waals surface area contributed by atoms with Crippen molar-refractivity contribution >= 4 is 29.9 Å². The van der Waals surface area contributed by atoms with Crippen LogP contribution in [-0.2, 0) is 35.1 Å². The lowest BCUT2D eigenvalue weighted by Crippen LogP contribution is -2.52. The number of carbonyl (C=O) groups excluding carboxylic acids is 1. The summed E-state index contributed by atoms with van der Waals surface area (Å²) in [4.78, 5) is 50.2. The van der Waals surface area contributed by atoms with E-state index in [-0.39, 0.29) is 5.92 Å². The van der Waals surface area contributed by atoms with Gasteiger partial charge in [0.2, 0.25) is 0 Å². The van der Waals surface area contributed by atoms with Crippen LogP contribution in [0.15, 0.2) is 84.9 Å². The molecule has 0 radical (unpaired) electrons. The number of hydrogen-bond donors (Lipinski definition) is 3. The third-order valence-corrected chi connectivity index (χ3v) is 7.77. The highest BCUT2D eigenvalue weighted by Gasteiger charge is 2.58. The molecular formula is C34H35NO9. The number of nitrogens with zero attached hydrogens (tertiary/aromatic N) is 1. The molecular weight excluding hydrogens is 566 g/mol. The van der Waals surface area contributed by atoms with Gasteiger partial charge in [-0.2, -0.15) is 0 Å². The van der Waals surface area contributed by atoms with Gasteiger partial charge in [0.1, 0.15) is 6.54 Å². The highest BCUT2D eigenvalue weighted by Crippen LogP contribution is 2.35. The van der Waals surface area contributed by atoms with Gasteiger partial charge in [-0.3, -0.25) is 9.59 Å². The van der Waals surface area contributed by atoms with E-state index < -0.39 is 54.9 Å². The monoisotopic (exact) mass is 601 g/mol. The van der Waals surface area contributed by atoms with Gasteiger partial charge in [0, 0.05) is 12.0 Å². The van der Waals surface area contributed by atoms with Crippen molar-refractivity contribution in [3.05, 3.63) is 102 Å². The molecule has 10 nitrogen and oxygen atoms in total. The predicted molar refractivity (Wildman–Crippen MR) is 162 cm³/mol. The third-order valence-electron chi connectivity index (χ3n) is 7.77. The van der Waals surface area contributed by atoms with Crippen LogP contribution in [-0.4, -0.2) is 75.1 Å². The maximum absolute atomic E-state index is 13.7. The van der Waals surface area contributed by atoms with Crippen molar-refractivity contribution in [2.24, 2.45) is 0 Å². The number of aryl methyl sites for hydroxylation is 1. The zero-order chi connectivity index (χ0) is 31.9. The van der Waals surface area contributed by atoms with Gasteiger partial charge in [0.15, 0.2) is 6.10 Å². The SMILES string of the molecule is CC=Cc1cc(C(CCc2ccccc2)C(C)N(CC(=O)O)C(=O)C2COC(C(=O)O)(C(=O)O)O2)ccc1-c1ccccc1. The molecule has 0 spiro atoms. The van der Waals surface area contributed by atoms with E-state index in [1.807, 2.05) is 97.9 Å². The van der Waals surface area contributed by atoms with Gasteiger partial charge >= 0.3 is 23.7 Å². The minimum atomic E-state index is -3.06. The second kappa shape index (κ2) is 14.1. The summed E-state index contributed by atoms with van der Waals surface area (Å²) in [7, 11) is 0. The van der Waals surface area contributed by atoms with Crippen LogP contribution in [0.5, 0.6) is 0 Å². The van der Waals surface area contributed by atoms with Crippen molar-refractivity contribution in [3.63, 3.8) is 0 Å². The molecule has 10 heteroatoms. The van der Waals surface area contributed by atoms with E-state index in [1.165, 1.54) is 0 Å². The Kier molecular flexibility index (Phi) is 10.3. The maximum atomic E-state index is 13.7. The molecule has 3 unspecified atom stereocenters. The quantitative estimate of drug-likeness (QED) is 0.237. The summed E-state index contributed by atoms with van der Waals surface area (Å²) >= 11 is 0. The molecule has 1 aliphatic rings. The van der Waals surface area contributed by atoms with Crippen LogP contribution in [0.3, 0.4) is 0 Å². The zero-order valence-corrected chi connectivity index (χ0v) is 24.5. The van der Waals surface area contributed by atoms with Gasteiger partial charge < -0.3 is 29.7 Å². The molecule has 1 fully saturated rings. The normalized spacial score (nSPS) is 17.2. The molecule has 1 heterocycles. The Balaban J connectivity index is 1.73. The van der Waals surface area contributed by atoms with E-state index in [9.17, 15) is 34.5 Å². The molecule has 44 heavy (non-hydrogen) atoms. The standard InChI is InChI=1S/C34H35NO9/c1-3-10-25-19-26(16-18-28(25)24-13-8-5-9-14-24)27(17-15-23-11-6-4-7-12-23)22(2)35(20-30(36)37)31(38)29-21-43-34(44-29,32(39)40)33(41)42/h3-14,16,18-19,22,27,29H,15,17,20-21H2,1-2H3,(H,36,37)(H,39,40)(H,41,42). The highest BCUT2D eigenvalue weighted by molar-refractivity contribution is 6.01. The molecule has 0 aliphatic carbocycles. The van der Waals surface area contributed by atoms with Crippen LogP contribution < -0.4 is 0 Å². The van der Waals surface area contributed by atoms with Gasteiger partial charge in [-0.1, -0.05) is 91.0 Å². The molecule has 1 amide bonds. The van der Waals surface area contributed by atoms with Crippen molar-refractivity contribution < 1.29 is 44.0 Å². The van der Waals surface area contributed by atoms with Crippen molar-refractivity contribution in [1.82, 2.24) is 4.90 Å². The summed E-state index contributed by atoms with van der Waals surface area (Å²) in [6.45, 7) is 2.28. The first kappa shape index (κ1) is 32.1. The second-order valence-electron chi connectivity index (χ2n) is 10.6. The van der Waals surface area contributed by atoms with E-state index in [2.05, 4.69) is 0 Å². The molecule has 3 N–H and O–H groups in total. The summed E-state index contributed by atoms with van der Waals surface area (Å²) < 4.78 is 10.1. The van der Waals surface area contributed by atoms with Crippen molar-refractivity contribution in [1.29, 1.82) is 0 Å². The van der Waals surface area contributed by atoms with Crippen molar-refractivity contribution in [2.45, 2.75) is 50.5 Å². The number of carboxylic acid groups (broad SMARTS) is 3. The molecule has 0 saturated carbocycles. The maximum Gasteiger partial charge on any atom is 0.377 e. The molecule has 1 saturated heterocycles. The Hall–Kier alpha value is -4.80. The number of hydrogen-bond acceptors (Lipinski definition) is 6. The summed E-state index contributed by atoms with van der Waals surface area (Å²) in [5.41, 5.74) is 4.93. The molecule has 1 aliphatic heterocycles. The van der Waals surface area contributed by atoms with Crippen molar-refractivity contribution in [2.75, 3.05) is 13.2 Å². The Morgan fingerprint density at radius 3 is 2.16 bits per heavy atom. The van der Waals surface area contributed by atoms with Crippen LogP contribution in [0.25, 0.3) is 17.2 Å². The lowest BCUT2D eigenvalue weighted by atomic mass is 9.83. The average Bonchev–Trinajstić information content (AvgIpc) is 3.48. The Bertz CT molecular complexity index is 1510. The first-order chi connectivity index (χ1) is 21.1. The van der Waals surface area contributed by atoms with E-state index in [4.69, 9.17) is 9.47 Å².